The Bertz CT molecular complexity index is 837. The first kappa shape index (κ1) is 17.5. The van der Waals surface area contributed by atoms with Crippen LogP contribution in [-0.4, -0.2) is 10.2 Å². The quantitative estimate of drug-likeness (QED) is 0.389. The van der Waals surface area contributed by atoms with E-state index in [0.717, 1.165) is 0 Å². The van der Waals surface area contributed by atoms with E-state index in [4.69, 9.17) is 9.68 Å². The van der Waals surface area contributed by atoms with Gasteiger partial charge in [0.05, 0.1) is 0 Å². The Balaban J connectivity index is 1.62. The highest BCUT2D eigenvalue weighted by atomic mass is 16.9. The molecule has 0 aromatic heterocycles. The molecule has 8 nitrogen and oxygen atoms in total. The average molecular weight is 356 g/mol. The average Bonchev–Trinajstić information content (AvgIpc) is 2.64. The summed E-state index contributed by atoms with van der Waals surface area (Å²) in [4.78, 5) is 10.4. The summed E-state index contributed by atoms with van der Waals surface area (Å²) in [6.07, 6.45) is 0. The van der Waals surface area contributed by atoms with Gasteiger partial charge in [-0.1, -0.05) is 0 Å². The smallest absolute Gasteiger partial charge is 0.191 e. The molecule has 0 aliphatic rings. The predicted octanol–water partition coefficient (Wildman–Crippen LogP) is 1.11. The summed E-state index contributed by atoms with van der Waals surface area (Å²) in [5, 5.41) is 41.3. The van der Waals surface area contributed by atoms with E-state index < -0.39 is 10.5 Å². The minimum absolute atomic E-state index is 0.0537. The van der Waals surface area contributed by atoms with Gasteiger partial charge in [0.25, 0.3) is 0 Å². The maximum atomic E-state index is 12.1. The van der Waals surface area contributed by atoms with Crippen molar-refractivity contribution in [1.29, 1.82) is 0 Å². The molecule has 2 atom stereocenters. The Morgan fingerprint density at radius 3 is 1.27 bits per heavy atom. The van der Waals surface area contributed by atoms with Gasteiger partial charge in [0, 0.05) is 24.3 Å². The zero-order valence-corrected chi connectivity index (χ0v) is 13.5. The van der Waals surface area contributed by atoms with Crippen LogP contribution in [-0.2, 0) is 0 Å². The van der Waals surface area contributed by atoms with E-state index in [9.17, 15) is 20.6 Å². The first-order chi connectivity index (χ1) is 12.5. The van der Waals surface area contributed by atoms with Crippen molar-refractivity contribution in [3.05, 3.63) is 83.2 Å². The van der Waals surface area contributed by atoms with E-state index in [1.807, 2.05) is 0 Å². The molecule has 3 rings (SSSR count). The normalized spacial score (nSPS) is 13.0. The standard InChI is InChI=1S/C18H16N2O6/c21-15-5-1-13(2-6-15)19(23)25-17-9-3-14(4-10-17)20(24)26-18-11-7-16(22)8-12-18/h1-12,19-22H. The Labute approximate surface area is 148 Å². The Morgan fingerprint density at radius 1 is 0.538 bits per heavy atom. The fraction of sp³-hybridized carbons (Fsp3) is 0. The second-order valence-electron chi connectivity index (χ2n) is 5.34. The summed E-state index contributed by atoms with van der Waals surface area (Å²) in [5.74, 6) is 0.697. The summed E-state index contributed by atoms with van der Waals surface area (Å²) in [7, 11) is 0. The summed E-state index contributed by atoms with van der Waals surface area (Å²) in [5.41, 5.74) is 0.570. The molecule has 0 saturated heterocycles. The topological polar surface area (TPSA) is 114 Å². The van der Waals surface area contributed by atoms with Crippen LogP contribution in [0.25, 0.3) is 0 Å². The van der Waals surface area contributed by atoms with Crippen LogP contribution in [0.3, 0.4) is 0 Å². The van der Waals surface area contributed by atoms with Crippen molar-refractivity contribution in [3.8, 4) is 23.0 Å². The lowest BCUT2D eigenvalue weighted by molar-refractivity contribution is -0.964. The van der Waals surface area contributed by atoms with E-state index >= 15 is 0 Å². The molecule has 134 valence electrons. The molecule has 8 heteroatoms. The molecule has 0 fully saturated rings. The molecule has 3 aromatic rings. The number of phenols is 2. The van der Waals surface area contributed by atoms with Gasteiger partial charge >= 0.3 is 0 Å². The molecule has 0 aliphatic carbocycles. The van der Waals surface area contributed by atoms with Crippen LogP contribution in [0.15, 0.2) is 72.8 Å². The molecule has 0 amide bonds. The number of quaternary nitrogens is 2. The van der Waals surface area contributed by atoms with E-state index in [-0.39, 0.29) is 22.9 Å². The van der Waals surface area contributed by atoms with Crippen molar-refractivity contribution >= 4 is 11.4 Å². The van der Waals surface area contributed by atoms with Crippen molar-refractivity contribution in [3.63, 3.8) is 0 Å². The number of hydrogen-bond donors (Lipinski definition) is 4. The molecule has 0 aliphatic heterocycles. The lowest BCUT2D eigenvalue weighted by atomic mass is 10.3. The van der Waals surface area contributed by atoms with E-state index in [1.54, 1.807) is 0 Å². The summed E-state index contributed by atoms with van der Waals surface area (Å²) >= 11 is 0. The third-order valence-electron chi connectivity index (χ3n) is 3.45. The Kier molecular flexibility index (Phi) is 5.20. The second kappa shape index (κ2) is 7.72. The SMILES string of the molecule is [O-][NH+](Oc1ccc([NH+]([O-])Oc2ccc(O)cc2)cc1)c1ccc(O)cc1. The van der Waals surface area contributed by atoms with Crippen molar-refractivity contribution in [2.45, 2.75) is 0 Å². The third-order valence-corrected chi connectivity index (χ3v) is 3.45. The maximum absolute atomic E-state index is 12.1. The molecule has 2 unspecified atom stereocenters. The predicted molar refractivity (Wildman–Crippen MR) is 91.9 cm³/mol. The zero-order valence-electron chi connectivity index (χ0n) is 13.5. The van der Waals surface area contributed by atoms with Gasteiger partial charge in [0.2, 0.25) is 0 Å². The minimum Gasteiger partial charge on any atom is -0.585 e. The fourth-order valence-corrected chi connectivity index (χ4v) is 2.10. The second-order valence-corrected chi connectivity index (χ2v) is 5.34. The third kappa shape index (κ3) is 4.41. The first-order valence-corrected chi connectivity index (χ1v) is 7.64. The van der Waals surface area contributed by atoms with Gasteiger partial charge in [-0.2, -0.15) is 0 Å². The van der Waals surface area contributed by atoms with Crippen LogP contribution < -0.4 is 20.1 Å². The lowest BCUT2D eigenvalue weighted by Gasteiger charge is -2.21. The molecular formula is C18H16N2O6. The number of nitrogens with one attached hydrogen (secondary N) is 2. The summed E-state index contributed by atoms with van der Waals surface area (Å²) < 4.78 is 0. The first-order valence-electron chi connectivity index (χ1n) is 7.64. The molecule has 3 aromatic carbocycles. The number of hydrogen-bond acceptors (Lipinski definition) is 6. The van der Waals surface area contributed by atoms with E-state index in [1.165, 1.54) is 72.8 Å². The fourth-order valence-electron chi connectivity index (χ4n) is 2.10. The van der Waals surface area contributed by atoms with Gasteiger partial charge in [0.15, 0.2) is 22.9 Å². The van der Waals surface area contributed by atoms with E-state index in [0.29, 0.717) is 11.4 Å². The van der Waals surface area contributed by atoms with Gasteiger partial charge in [-0.3, -0.25) is 0 Å². The molecule has 0 radical (unpaired) electrons. The van der Waals surface area contributed by atoms with Crippen LogP contribution in [0.4, 0.5) is 11.4 Å². The maximum Gasteiger partial charge on any atom is 0.191 e. The monoisotopic (exact) mass is 356 g/mol. The molecule has 4 N–H and O–H groups in total. The molecule has 0 heterocycles. The highest BCUT2D eigenvalue weighted by Gasteiger charge is 2.09. The minimum atomic E-state index is -0.579. The van der Waals surface area contributed by atoms with Gasteiger partial charge in [0.1, 0.15) is 11.5 Å². The Hall–Kier alpha value is -3.30. The largest absolute Gasteiger partial charge is 0.585 e. The van der Waals surface area contributed by atoms with Gasteiger partial charge < -0.3 is 30.3 Å². The summed E-state index contributed by atoms with van der Waals surface area (Å²) in [6.45, 7) is 0. The van der Waals surface area contributed by atoms with Gasteiger partial charge in [-0.05, 0) is 48.5 Å². The summed E-state index contributed by atoms with van der Waals surface area (Å²) in [6, 6.07) is 17.3. The number of aromatic hydroxyl groups is 2. The van der Waals surface area contributed by atoms with Crippen molar-refractivity contribution < 1.29 is 30.3 Å². The van der Waals surface area contributed by atoms with Gasteiger partial charge in [-0.15, -0.1) is 10.5 Å². The molecule has 0 spiro atoms. The van der Waals surface area contributed by atoms with Crippen molar-refractivity contribution in [2.75, 3.05) is 0 Å². The Morgan fingerprint density at radius 2 is 0.846 bits per heavy atom. The molecule has 0 saturated carbocycles. The number of phenolic OH excluding ortho intramolecular Hbond substituents is 2. The lowest BCUT2D eigenvalue weighted by Crippen LogP contribution is -3.04. The van der Waals surface area contributed by atoms with Crippen LogP contribution >= 0.6 is 0 Å². The molecular weight excluding hydrogens is 340 g/mol. The van der Waals surface area contributed by atoms with Crippen LogP contribution in [0.2, 0.25) is 0 Å². The van der Waals surface area contributed by atoms with E-state index in [2.05, 4.69) is 0 Å². The zero-order chi connectivity index (χ0) is 18.5. The van der Waals surface area contributed by atoms with Crippen LogP contribution in [0.5, 0.6) is 23.0 Å². The number of rotatable bonds is 6. The highest BCUT2D eigenvalue weighted by Crippen LogP contribution is 2.16. The van der Waals surface area contributed by atoms with Gasteiger partial charge in [-0.25, -0.2) is 0 Å². The molecule has 0 bridgehead atoms. The highest BCUT2D eigenvalue weighted by molar-refractivity contribution is 5.37. The molecule has 26 heavy (non-hydrogen) atoms. The van der Waals surface area contributed by atoms with Crippen molar-refractivity contribution in [1.82, 2.24) is 0 Å². The van der Waals surface area contributed by atoms with Crippen LogP contribution in [0.1, 0.15) is 0 Å². The number of benzene rings is 3. The van der Waals surface area contributed by atoms with Crippen LogP contribution in [0, 0.1) is 10.4 Å². The van der Waals surface area contributed by atoms with Crippen molar-refractivity contribution in [2.24, 2.45) is 0 Å².